The third-order valence-electron chi connectivity index (χ3n) is 16.2. The number of nitrogens with zero attached hydrogens (tertiary/aromatic N) is 2. The molecular formula is C60H92N12O18. The third kappa shape index (κ3) is 22.6. The summed E-state index contributed by atoms with van der Waals surface area (Å²) in [6, 6.07) is -6.28. The molecule has 3 saturated heterocycles. The first-order chi connectivity index (χ1) is 42.6. The number of aliphatic hydroxyl groups is 1. The second kappa shape index (κ2) is 36.4. The minimum atomic E-state index is -1.87. The first kappa shape index (κ1) is 74.2. The first-order valence-corrected chi connectivity index (χ1v) is 30.9. The van der Waals surface area contributed by atoms with Crippen molar-refractivity contribution in [2.75, 3.05) is 26.2 Å². The van der Waals surface area contributed by atoms with Crippen molar-refractivity contribution in [2.24, 2.45) is 23.5 Å². The van der Waals surface area contributed by atoms with Gasteiger partial charge in [-0.25, -0.2) is 4.79 Å². The number of amides is 11. The number of rotatable bonds is 37. The minimum absolute atomic E-state index is 0.0366. The molecular weight excluding hydrogens is 1180 g/mol. The number of carboxylic acids is 3. The van der Waals surface area contributed by atoms with Crippen LogP contribution in [0.1, 0.15) is 143 Å². The Morgan fingerprint density at radius 1 is 0.578 bits per heavy atom. The largest absolute Gasteiger partial charge is 0.481 e. The maximum absolute atomic E-state index is 14.3. The van der Waals surface area contributed by atoms with Gasteiger partial charge in [-0.15, -0.1) is 0 Å². The third-order valence-corrected chi connectivity index (χ3v) is 16.2. The number of likely N-dealkylation sites (tertiary alicyclic amines) is 2. The van der Waals surface area contributed by atoms with Crippen molar-refractivity contribution < 1.29 is 87.5 Å². The van der Waals surface area contributed by atoms with Crippen molar-refractivity contribution in [1.29, 1.82) is 0 Å². The highest BCUT2D eigenvalue weighted by molar-refractivity contribution is 6.00. The summed E-state index contributed by atoms with van der Waals surface area (Å²) < 4.78 is 0. The van der Waals surface area contributed by atoms with Gasteiger partial charge in [-0.05, 0) is 100 Å². The Hall–Kier alpha value is -8.28. The predicted octanol–water partition coefficient (Wildman–Crippen LogP) is -1.95. The average Bonchev–Trinajstić information content (AvgIpc) is 1.77. The lowest BCUT2D eigenvalue weighted by Crippen LogP contribution is -2.62. The molecule has 0 bridgehead atoms. The van der Waals surface area contributed by atoms with E-state index in [9.17, 15) is 87.5 Å². The minimum Gasteiger partial charge on any atom is -0.481 e. The van der Waals surface area contributed by atoms with Gasteiger partial charge in [0, 0.05) is 38.8 Å². The fourth-order valence-corrected chi connectivity index (χ4v) is 10.9. The summed E-state index contributed by atoms with van der Waals surface area (Å²) in [5.74, 6) is -14.3. The van der Waals surface area contributed by atoms with Crippen LogP contribution in [0, 0.1) is 17.8 Å². The van der Waals surface area contributed by atoms with E-state index in [0.717, 1.165) is 0 Å². The lowest BCUT2D eigenvalue weighted by Gasteiger charge is -2.32. The van der Waals surface area contributed by atoms with E-state index in [4.69, 9.17) is 5.73 Å². The molecule has 0 aliphatic carbocycles. The average molecular weight is 1270 g/mol. The number of aliphatic carboxylic acids is 3. The van der Waals surface area contributed by atoms with Crippen molar-refractivity contribution in [1.82, 2.24) is 57.7 Å². The number of unbranched alkanes of at least 4 members (excludes halogenated alkanes) is 1. The number of hydrogen-bond acceptors (Lipinski definition) is 16. The van der Waals surface area contributed by atoms with Crippen LogP contribution in [0.25, 0.3) is 0 Å². The maximum atomic E-state index is 14.3. The standard InChI is InChI=1S/C60H92N12O18/c1-7-34(6)49(57(86)66-40(29-32(2)3)53(82)67-41(60(89)90)30-35-15-9-8-10-16-35)70-56(85)48(33(4)5)69-52(81)36(17-11-12-26-61)63-54(83)42(31-73)68-51(80)37(21-24-46(75)76)64-50(79)38(22-25-47(77)78)65-55(84)43-18-13-27-71(43)59(88)44-19-14-28-72(44)58(87)39-20-23-45(74)62-39/h8-10,15-16,32-34,36-44,48-49,73H,7,11-14,17-31,61H2,1-6H3,(H,62,74)(H,63,83)(H,64,79)(H,65,84)(H,66,86)(H,67,82)(H,68,80)(H,69,81)(H,70,85)(H,75,76)(H,77,78)(H,89,90)/t34-,36-,37-,38-,39-,40-,41-,42-,43-,44-,48-,49-/m0/s1. The molecule has 15 N–H and O–H groups in total. The number of benzene rings is 1. The van der Waals surface area contributed by atoms with Crippen LogP contribution in [0.4, 0.5) is 0 Å². The smallest absolute Gasteiger partial charge is 0.326 e. The van der Waals surface area contributed by atoms with Crippen molar-refractivity contribution in [2.45, 2.75) is 211 Å². The molecule has 30 heteroatoms. The molecule has 0 spiro atoms. The van der Waals surface area contributed by atoms with Gasteiger partial charge in [-0.3, -0.25) is 62.3 Å². The highest BCUT2D eigenvalue weighted by Crippen LogP contribution is 2.27. The molecule has 500 valence electrons. The molecule has 11 amide bonds. The summed E-state index contributed by atoms with van der Waals surface area (Å²) >= 11 is 0. The molecule has 0 radical (unpaired) electrons. The highest BCUT2D eigenvalue weighted by Gasteiger charge is 2.45. The number of nitrogens with one attached hydrogen (secondary N) is 9. The van der Waals surface area contributed by atoms with Crippen LogP contribution >= 0.6 is 0 Å². The number of hydrogen-bond donors (Lipinski definition) is 14. The van der Waals surface area contributed by atoms with Crippen molar-refractivity contribution in [3.63, 3.8) is 0 Å². The molecule has 30 nitrogen and oxygen atoms in total. The Bertz CT molecular complexity index is 2720. The van der Waals surface area contributed by atoms with E-state index >= 15 is 0 Å². The number of carbonyl (C=O) groups excluding carboxylic acids is 11. The fraction of sp³-hybridized carbons (Fsp3) is 0.667. The quantitative estimate of drug-likeness (QED) is 0.0322. The van der Waals surface area contributed by atoms with E-state index < -0.39 is 188 Å². The van der Waals surface area contributed by atoms with Crippen LogP contribution in [0.15, 0.2) is 30.3 Å². The lowest BCUT2D eigenvalue weighted by atomic mass is 9.95. The van der Waals surface area contributed by atoms with Gasteiger partial charge in [0.05, 0.1) is 6.61 Å². The molecule has 12 atom stereocenters. The van der Waals surface area contributed by atoms with Crippen molar-refractivity contribution in [3.05, 3.63) is 35.9 Å². The van der Waals surface area contributed by atoms with Crippen molar-refractivity contribution in [3.8, 4) is 0 Å². The molecule has 1 aromatic carbocycles. The monoisotopic (exact) mass is 1270 g/mol. The van der Waals surface area contributed by atoms with Gasteiger partial charge in [-0.2, -0.15) is 0 Å². The second-order valence-corrected chi connectivity index (χ2v) is 24.0. The summed E-state index contributed by atoms with van der Waals surface area (Å²) in [6.07, 6.45) is -0.0134. The van der Waals surface area contributed by atoms with Crippen molar-refractivity contribution >= 4 is 82.9 Å². The highest BCUT2D eigenvalue weighted by atomic mass is 16.4. The van der Waals surface area contributed by atoms with Gasteiger partial charge < -0.3 is 83.8 Å². The van der Waals surface area contributed by atoms with Gasteiger partial charge in [0.2, 0.25) is 65.0 Å². The molecule has 0 saturated carbocycles. The van der Waals surface area contributed by atoms with Crippen LogP contribution < -0.4 is 53.6 Å². The first-order valence-electron chi connectivity index (χ1n) is 30.9. The van der Waals surface area contributed by atoms with Gasteiger partial charge >= 0.3 is 17.9 Å². The second-order valence-electron chi connectivity index (χ2n) is 24.0. The number of carbonyl (C=O) groups is 14. The van der Waals surface area contributed by atoms with E-state index in [1.807, 2.05) is 0 Å². The molecule has 3 heterocycles. The Morgan fingerprint density at radius 3 is 1.59 bits per heavy atom. The maximum Gasteiger partial charge on any atom is 0.326 e. The number of carboxylic acid groups (broad SMARTS) is 3. The summed E-state index contributed by atoms with van der Waals surface area (Å²) in [4.78, 5) is 190. The van der Waals surface area contributed by atoms with Crippen LogP contribution in [0.2, 0.25) is 0 Å². The topological polar surface area (TPSA) is 461 Å². The Balaban J connectivity index is 1.48. The SMILES string of the molecule is CC[C@H](C)[C@H](NC(=O)[C@@H](NC(=O)[C@H](CCCCN)NC(=O)[C@H](CO)NC(=O)[C@H](CCC(=O)O)NC(=O)[C@H](CCC(=O)O)NC(=O)[C@@H]1CCCN1C(=O)[C@@H]1CCCN1C(=O)[C@@H]1CCC(=O)N1)C(C)C)C(=O)N[C@@H](CC(C)C)C(=O)N[C@@H](Cc1ccccc1)C(=O)O. The fourth-order valence-electron chi connectivity index (χ4n) is 10.9. The van der Waals surface area contributed by atoms with Gasteiger partial charge in [0.15, 0.2) is 0 Å². The van der Waals surface area contributed by atoms with E-state index in [-0.39, 0.29) is 82.8 Å². The summed E-state index contributed by atoms with van der Waals surface area (Å²) in [7, 11) is 0. The van der Waals surface area contributed by atoms with Crippen LogP contribution in [0.5, 0.6) is 0 Å². The number of nitrogens with two attached hydrogens (primary N) is 1. The molecule has 3 aliphatic heterocycles. The predicted molar refractivity (Wildman–Crippen MR) is 321 cm³/mol. The van der Waals surface area contributed by atoms with E-state index in [2.05, 4.69) is 47.9 Å². The van der Waals surface area contributed by atoms with Crippen LogP contribution in [-0.2, 0) is 73.5 Å². The molecule has 3 aliphatic rings. The normalized spacial score (nSPS) is 19.3. The van der Waals surface area contributed by atoms with E-state index in [1.54, 1.807) is 71.9 Å². The molecule has 1 aromatic rings. The summed E-state index contributed by atoms with van der Waals surface area (Å²) in [6.45, 7) is 9.67. The molecule has 4 rings (SSSR count). The zero-order chi connectivity index (χ0) is 66.9. The Labute approximate surface area is 522 Å². The lowest BCUT2D eigenvalue weighted by molar-refractivity contribution is -0.147. The molecule has 0 unspecified atom stereocenters. The van der Waals surface area contributed by atoms with Crippen LogP contribution in [-0.4, -0.2) is 206 Å². The van der Waals surface area contributed by atoms with E-state index in [1.165, 1.54) is 9.80 Å². The van der Waals surface area contributed by atoms with Gasteiger partial charge in [-0.1, -0.05) is 78.3 Å². The van der Waals surface area contributed by atoms with Crippen LogP contribution in [0.3, 0.4) is 0 Å². The van der Waals surface area contributed by atoms with Gasteiger partial charge in [0.1, 0.15) is 66.5 Å². The Morgan fingerprint density at radius 2 is 1.07 bits per heavy atom. The molecule has 90 heavy (non-hydrogen) atoms. The number of aliphatic hydroxyl groups excluding tert-OH is 1. The molecule has 0 aromatic heterocycles. The van der Waals surface area contributed by atoms with E-state index in [0.29, 0.717) is 31.2 Å². The zero-order valence-electron chi connectivity index (χ0n) is 52.1. The summed E-state index contributed by atoms with van der Waals surface area (Å²) in [5.41, 5.74) is 6.39. The molecule has 3 fully saturated rings. The summed E-state index contributed by atoms with van der Waals surface area (Å²) in [5, 5.41) is 62.4. The van der Waals surface area contributed by atoms with Gasteiger partial charge in [0.25, 0.3) is 0 Å². The Kier molecular flexibility index (Phi) is 30.0. The zero-order valence-corrected chi connectivity index (χ0v) is 52.1.